The summed E-state index contributed by atoms with van der Waals surface area (Å²) in [6.45, 7) is 4.28. The fourth-order valence-electron chi connectivity index (χ4n) is 4.74. The molecule has 2 N–H and O–H groups in total. The highest BCUT2D eigenvalue weighted by Gasteiger charge is 2.48. The van der Waals surface area contributed by atoms with Crippen LogP contribution < -0.4 is 10.6 Å². The van der Waals surface area contributed by atoms with Crippen molar-refractivity contribution in [1.29, 1.82) is 0 Å². The predicted octanol–water partition coefficient (Wildman–Crippen LogP) is 2.64. The van der Waals surface area contributed by atoms with Gasteiger partial charge in [-0.2, -0.15) is 0 Å². The first-order valence-electron chi connectivity index (χ1n) is 11.5. The second-order valence-electron chi connectivity index (χ2n) is 9.03. The van der Waals surface area contributed by atoms with Crippen molar-refractivity contribution >= 4 is 17.7 Å². The Kier molecular flexibility index (Phi) is 6.49. The fraction of sp³-hybridized carbons (Fsp3) is 0.500. The average Bonchev–Trinajstić information content (AvgIpc) is 3.45. The molecule has 0 unspecified atom stereocenters. The number of halogens is 1. The zero-order valence-corrected chi connectivity index (χ0v) is 19.1. The summed E-state index contributed by atoms with van der Waals surface area (Å²) < 4.78 is 15.5. The maximum Gasteiger partial charge on any atom is 0.273 e. The highest BCUT2D eigenvalue weighted by molar-refractivity contribution is 6.07. The first-order valence-corrected chi connectivity index (χ1v) is 11.5. The molecule has 8 nitrogen and oxygen atoms in total. The number of benzene rings is 1. The van der Waals surface area contributed by atoms with Crippen LogP contribution in [0.3, 0.4) is 0 Å². The normalized spacial score (nSPS) is 20.6. The Morgan fingerprint density at radius 3 is 2.67 bits per heavy atom. The number of amides is 3. The largest absolute Gasteiger partial charge is 0.351 e. The molecule has 0 saturated heterocycles. The zero-order valence-electron chi connectivity index (χ0n) is 19.1. The van der Waals surface area contributed by atoms with Crippen LogP contribution in [0.2, 0.25) is 0 Å². The second-order valence-corrected chi connectivity index (χ2v) is 9.03. The summed E-state index contributed by atoms with van der Waals surface area (Å²) in [6, 6.07) is 6.31. The van der Waals surface area contributed by atoms with Gasteiger partial charge in [-0.05, 0) is 32.3 Å². The van der Waals surface area contributed by atoms with Crippen LogP contribution >= 0.6 is 0 Å². The summed E-state index contributed by atoms with van der Waals surface area (Å²) in [5.41, 5.74) is -0.602. The lowest BCUT2D eigenvalue weighted by molar-refractivity contribution is -0.133. The molecule has 9 heteroatoms. The minimum Gasteiger partial charge on any atom is -0.351 e. The third-order valence-corrected chi connectivity index (χ3v) is 6.60. The van der Waals surface area contributed by atoms with Gasteiger partial charge >= 0.3 is 0 Å². The predicted molar refractivity (Wildman–Crippen MR) is 120 cm³/mol. The number of hydrogen-bond acceptors (Lipinski definition) is 4. The van der Waals surface area contributed by atoms with Gasteiger partial charge < -0.3 is 20.1 Å². The van der Waals surface area contributed by atoms with Crippen LogP contribution in [-0.4, -0.2) is 50.3 Å². The Morgan fingerprint density at radius 2 is 1.97 bits per heavy atom. The summed E-state index contributed by atoms with van der Waals surface area (Å²) >= 11 is 0. The lowest BCUT2D eigenvalue weighted by atomic mass is 9.93. The SMILES string of the molecule is CCCN1C(=O)c2c(C(=O)NCc3ccccc3F)ncn2C[C@]1(C)C(=O)NC1CCCC1. The van der Waals surface area contributed by atoms with Crippen molar-refractivity contribution in [3.05, 3.63) is 53.4 Å². The molecule has 1 aliphatic carbocycles. The zero-order chi connectivity index (χ0) is 23.6. The van der Waals surface area contributed by atoms with E-state index in [2.05, 4.69) is 15.6 Å². The van der Waals surface area contributed by atoms with Gasteiger partial charge in [0.05, 0.1) is 12.9 Å². The molecular formula is C24H30FN5O3. The molecule has 1 aromatic heterocycles. The second kappa shape index (κ2) is 9.33. The quantitative estimate of drug-likeness (QED) is 0.671. The highest BCUT2D eigenvalue weighted by Crippen LogP contribution is 2.30. The van der Waals surface area contributed by atoms with Gasteiger partial charge in [0.1, 0.15) is 17.1 Å². The number of carbonyl (C=O) groups is 3. The maximum absolute atomic E-state index is 13.9. The van der Waals surface area contributed by atoms with Crippen molar-refractivity contribution in [2.24, 2.45) is 0 Å². The van der Waals surface area contributed by atoms with Gasteiger partial charge in [0.25, 0.3) is 11.8 Å². The van der Waals surface area contributed by atoms with Gasteiger partial charge in [0.15, 0.2) is 5.69 Å². The van der Waals surface area contributed by atoms with Crippen LogP contribution in [0.4, 0.5) is 4.39 Å². The van der Waals surface area contributed by atoms with E-state index in [1.807, 2.05) is 6.92 Å². The molecule has 2 heterocycles. The van der Waals surface area contributed by atoms with Crippen LogP contribution in [0, 0.1) is 5.82 Å². The topological polar surface area (TPSA) is 96.3 Å². The molecule has 0 radical (unpaired) electrons. The number of nitrogens with one attached hydrogen (secondary N) is 2. The van der Waals surface area contributed by atoms with E-state index in [1.54, 1.807) is 34.6 Å². The molecule has 2 aromatic rings. The molecular weight excluding hydrogens is 425 g/mol. The number of carbonyl (C=O) groups excluding carboxylic acids is 3. The van der Waals surface area contributed by atoms with Gasteiger partial charge in [-0.15, -0.1) is 0 Å². The van der Waals surface area contributed by atoms with Crippen molar-refractivity contribution in [3.63, 3.8) is 0 Å². The fourth-order valence-corrected chi connectivity index (χ4v) is 4.74. The maximum atomic E-state index is 13.9. The molecule has 1 aliphatic heterocycles. The molecule has 1 atom stereocenters. The Bertz CT molecular complexity index is 1060. The minimum atomic E-state index is -1.08. The van der Waals surface area contributed by atoms with Crippen LogP contribution in [0.25, 0.3) is 0 Å². The van der Waals surface area contributed by atoms with Gasteiger partial charge in [0, 0.05) is 24.7 Å². The van der Waals surface area contributed by atoms with E-state index in [-0.39, 0.29) is 36.4 Å². The van der Waals surface area contributed by atoms with Gasteiger partial charge in [-0.25, -0.2) is 9.37 Å². The lowest BCUT2D eigenvalue weighted by Gasteiger charge is -2.44. The Morgan fingerprint density at radius 1 is 1.24 bits per heavy atom. The Labute approximate surface area is 192 Å². The van der Waals surface area contributed by atoms with E-state index < -0.39 is 23.2 Å². The van der Waals surface area contributed by atoms with Gasteiger partial charge in [-0.3, -0.25) is 14.4 Å². The summed E-state index contributed by atoms with van der Waals surface area (Å²) in [7, 11) is 0. The van der Waals surface area contributed by atoms with Crippen LogP contribution in [0.5, 0.6) is 0 Å². The van der Waals surface area contributed by atoms with E-state index in [0.717, 1.165) is 25.7 Å². The molecule has 1 saturated carbocycles. The summed E-state index contributed by atoms with van der Waals surface area (Å²) in [5, 5.41) is 5.77. The monoisotopic (exact) mass is 455 g/mol. The van der Waals surface area contributed by atoms with Crippen LogP contribution in [0.1, 0.15) is 72.5 Å². The van der Waals surface area contributed by atoms with E-state index in [4.69, 9.17) is 0 Å². The lowest BCUT2D eigenvalue weighted by Crippen LogP contribution is -2.65. The number of aromatic nitrogens is 2. The molecule has 176 valence electrons. The molecule has 4 rings (SSSR count). The van der Waals surface area contributed by atoms with E-state index in [0.29, 0.717) is 18.5 Å². The first-order chi connectivity index (χ1) is 15.8. The summed E-state index contributed by atoms with van der Waals surface area (Å²) in [6.07, 6.45) is 6.18. The molecule has 33 heavy (non-hydrogen) atoms. The average molecular weight is 456 g/mol. The third kappa shape index (κ3) is 4.36. The molecule has 0 bridgehead atoms. The molecule has 2 aliphatic rings. The Hall–Kier alpha value is -3.23. The van der Waals surface area contributed by atoms with Crippen molar-refractivity contribution in [1.82, 2.24) is 25.1 Å². The van der Waals surface area contributed by atoms with Crippen LogP contribution in [-0.2, 0) is 17.9 Å². The highest BCUT2D eigenvalue weighted by atomic mass is 19.1. The minimum absolute atomic E-state index is 0.0179. The summed E-state index contributed by atoms with van der Waals surface area (Å²) in [4.78, 5) is 45.4. The van der Waals surface area contributed by atoms with Crippen molar-refractivity contribution < 1.29 is 18.8 Å². The van der Waals surface area contributed by atoms with Crippen molar-refractivity contribution in [2.75, 3.05) is 6.54 Å². The van der Waals surface area contributed by atoms with E-state index >= 15 is 0 Å². The standard InChI is InChI=1S/C24H30FN5O3/c1-3-12-30-22(32)20-19(21(31)26-13-16-8-4-7-11-18(16)25)27-15-29(20)14-24(30,2)23(33)28-17-9-5-6-10-17/h4,7-8,11,15,17H,3,5-6,9-10,12-14H2,1-2H3,(H,26,31)(H,28,33)/t24-/m1/s1. The Balaban J connectivity index is 1.57. The molecule has 1 fully saturated rings. The number of rotatable bonds is 7. The van der Waals surface area contributed by atoms with E-state index in [9.17, 15) is 18.8 Å². The molecule has 0 spiro atoms. The number of imidazole rings is 1. The number of fused-ring (bicyclic) bond motifs is 1. The first kappa shape index (κ1) is 22.9. The van der Waals surface area contributed by atoms with Gasteiger partial charge in [0.2, 0.25) is 5.91 Å². The molecule has 3 amide bonds. The van der Waals surface area contributed by atoms with Crippen molar-refractivity contribution in [2.45, 2.75) is 70.6 Å². The van der Waals surface area contributed by atoms with E-state index in [1.165, 1.54) is 12.4 Å². The van der Waals surface area contributed by atoms with Gasteiger partial charge in [-0.1, -0.05) is 38.0 Å². The third-order valence-electron chi connectivity index (χ3n) is 6.60. The number of hydrogen-bond donors (Lipinski definition) is 2. The molecule has 1 aromatic carbocycles. The van der Waals surface area contributed by atoms with Crippen LogP contribution in [0.15, 0.2) is 30.6 Å². The van der Waals surface area contributed by atoms with Crippen molar-refractivity contribution in [3.8, 4) is 0 Å². The number of nitrogens with zero attached hydrogens (tertiary/aromatic N) is 3. The smallest absolute Gasteiger partial charge is 0.273 e. The summed E-state index contributed by atoms with van der Waals surface area (Å²) in [5.74, 6) is -1.56.